The van der Waals surface area contributed by atoms with Crippen LogP contribution in [0.1, 0.15) is 22.4 Å². The fourth-order valence-corrected chi connectivity index (χ4v) is 3.29. The van der Waals surface area contributed by atoms with E-state index in [1.54, 1.807) is 12.1 Å². The Hall–Kier alpha value is -2.62. The van der Waals surface area contributed by atoms with Gasteiger partial charge in [0.2, 0.25) is 0 Å². The molecule has 0 radical (unpaired) electrons. The van der Waals surface area contributed by atoms with Gasteiger partial charge in [-0.1, -0.05) is 47.6 Å². The van der Waals surface area contributed by atoms with Crippen LogP contribution in [-0.4, -0.2) is 9.97 Å². The molecule has 7 heteroatoms. The summed E-state index contributed by atoms with van der Waals surface area (Å²) in [7, 11) is 0. The van der Waals surface area contributed by atoms with Crippen molar-refractivity contribution in [3.8, 4) is 6.07 Å². The molecule has 0 fully saturated rings. The molecular formula is C19H14ClFN4S. The largest absolute Gasteiger partial charge is 0.382 e. The number of aromatic nitrogens is 2. The Kier molecular flexibility index (Phi) is 5.71. The van der Waals surface area contributed by atoms with Crippen molar-refractivity contribution in [2.45, 2.75) is 17.3 Å². The van der Waals surface area contributed by atoms with Crippen LogP contribution in [-0.2, 0) is 12.2 Å². The summed E-state index contributed by atoms with van der Waals surface area (Å²) in [5.41, 5.74) is 8.64. The molecule has 2 N–H and O–H groups in total. The van der Waals surface area contributed by atoms with E-state index in [2.05, 4.69) is 16.0 Å². The van der Waals surface area contributed by atoms with Crippen LogP contribution in [0.15, 0.2) is 53.7 Å². The quantitative estimate of drug-likeness (QED) is 0.513. The maximum Gasteiger partial charge on any atom is 0.190 e. The summed E-state index contributed by atoms with van der Waals surface area (Å²) in [6, 6.07) is 15.6. The highest BCUT2D eigenvalue weighted by molar-refractivity contribution is 7.98. The molecule has 0 saturated heterocycles. The number of nitriles is 1. The summed E-state index contributed by atoms with van der Waals surface area (Å²) in [6.07, 6.45) is 0.379. The zero-order chi connectivity index (χ0) is 18.5. The van der Waals surface area contributed by atoms with Gasteiger partial charge >= 0.3 is 0 Å². The average molecular weight is 385 g/mol. The Balaban J connectivity index is 1.83. The lowest BCUT2D eigenvalue weighted by Crippen LogP contribution is -2.06. The van der Waals surface area contributed by atoms with E-state index in [1.165, 1.54) is 23.9 Å². The lowest BCUT2D eigenvalue weighted by atomic mass is 10.1. The summed E-state index contributed by atoms with van der Waals surface area (Å²) in [5, 5.41) is 10.5. The van der Waals surface area contributed by atoms with Crippen LogP contribution in [0.3, 0.4) is 0 Å². The number of hydrogen-bond acceptors (Lipinski definition) is 5. The van der Waals surface area contributed by atoms with Crippen molar-refractivity contribution in [2.75, 3.05) is 5.73 Å². The van der Waals surface area contributed by atoms with Crippen molar-refractivity contribution in [3.05, 3.63) is 81.8 Å². The Morgan fingerprint density at radius 3 is 2.35 bits per heavy atom. The van der Waals surface area contributed by atoms with Gasteiger partial charge in [-0.25, -0.2) is 14.4 Å². The van der Waals surface area contributed by atoms with E-state index in [0.29, 0.717) is 28.0 Å². The molecule has 3 rings (SSSR count). The molecule has 4 nitrogen and oxygen atoms in total. The summed E-state index contributed by atoms with van der Waals surface area (Å²) >= 11 is 7.31. The van der Waals surface area contributed by atoms with Crippen LogP contribution >= 0.6 is 23.4 Å². The maximum absolute atomic E-state index is 13.1. The van der Waals surface area contributed by atoms with Gasteiger partial charge in [0, 0.05) is 17.2 Å². The number of benzene rings is 2. The molecule has 0 aliphatic heterocycles. The Bertz CT molecular complexity index is 953. The van der Waals surface area contributed by atoms with Crippen LogP contribution in [0, 0.1) is 17.1 Å². The Morgan fingerprint density at radius 2 is 1.69 bits per heavy atom. The molecule has 130 valence electrons. The number of nitrogens with two attached hydrogens (primary N) is 1. The van der Waals surface area contributed by atoms with E-state index in [1.807, 2.05) is 24.3 Å². The van der Waals surface area contributed by atoms with Gasteiger partial charge in [-0.2, -0.15) is 5.26 Å². The van der Waals surface area contributed by atoms with Crippen molar-refractivity contribution in [1.82, 2.24) is 9.97 Å². The smallest absolute Gasteiger partial charge is 0.190 e. The fourth-order valence-electron chi connectivity index (χ4n) is 2.34. The van der Waals surface area contributed by atoms with E-state index < -0.39 is 0 Å². The van der Waals surface area contributed by atoms with Crippen LogP contribution in [0.2, 0.25) is 5.02 Å². The lowest BCUT2D eigenvalue weighted by molar-refractivity contribution is 0.627. The van der Waals surface area contributed by atoms with E-state index in [0.717, 1.165) is 11.1 Å². The number of rotatable bonds is 5. The van der Waals surface area contributed by atoms with Crippen LogP contribution in [0.25, 0.3) is 0 Å². The molecule has 3 aromatic rings. The molecule has 0 bridgehead atoms. The molecule has 2 aromatic carbocycles. The zero-order valence-electron chi connectivity index (χ0n) is 13.6. The van der Waals surface area contributed by atoms with Gasteiger partial charge in [-0.15, -0.1) is 0 Å². The highest BCUT2D eigenvalue weighted by atomic mass is 35.5. The minimum Gasteiger partial charge on any atom is -0.382 e. The molecule has 26 heavy (non-hydrogen) atoms. The summed E-state index contributed by atoms with van der Waals surface area (Å²) in [6.45, 7) is 0. The third kappa shape index (κ3) is 4.51. The normalized spacial score (nSPS) is 10.5. The standard InChI is InChI=1S/C19H14ClFN4S/c20-14-5-1-13(2-6-14)11-26-19-24-17(16(10-22)18(23)25-19)9-12-3-7-15(21)8-4-12/h1-8H,9,11H2,(H2,23,24,25). The minimum absolute atomic E-state index is 0.151. The van der Waals surface area contributed by atoms with Gasteiger partial charge in [-0.05, 0) is 35.4 Å². The van der Waals surface area contributed by atoms with Crippen molar-refractivity contribution >= 4 is 29.2 Å². The van der Waals surface area contributed by atoms with E-state index in [4.69, 9.17) is 17.3 Å². The highest BCUT2D eigenvalue weighted by Crippen LogP contribution is 2.25. The molecule has 0 aliphatic carbocycles. The van der Waals surface area contributed by atoms with Gasteiger partial charge < -0.3 is 5.73 Å². The fraction of sp³-hybridized carbons (Fsp3) is 0.105. The SMILES string of the molecule is N#Cc1c(N)nc(SCc2ccc(Cl)cc2)nc1Cc1ccc(F)cc1. The molecule has 0 saturated carbocycles. The van der Waals surface area contributed by atoms with E-state index in [-0.39, 0.29) is 17.2 Å². The van der Waals surface area contributed by atoms with Gasteiger partial charge in [0.25, 0.3) is 0 Å². The van der Waals surface area contributed by atoms with Crippen LogP contribution < -0.4 is 5.73 Å². The molecule has 0 amide bonds. The predicted octanol–water partition coefficient (Wildman–Crippen LogP) is 4.61. The Morgan fingerprint density at radius 1 is 1.04 bits per heavy atom. The average Bonchev–Trinajstić information content (AvgIpc) is 2.63. The number of nitrogen functional groups attached to an aromatic ring is 1. The number of thioether (sulfide) groups is 1. The van der Waals surface area contributed by atoms with Crippen molar-refractivity contribution in [2.24, 2.45) is 0 Å². The van der Waals surface area contributed by atoms with Gasteiger partial charge in [-0.3, -0.25) is 0 Å². The molecule has 0 aliphatic rings. The lowest BCUT2D eigenvalue weighted by Gasteiger charge is -2.09. The Labute approximate surface area is 159 Å². The van der Waals surface area contributed by atoms with Gasteiger partial charge in [0.15, 0.2) is 5.16 Å². The molecule has 1 heterocycles. The summed E-state index contributed by atoms with van der Waals surface area (Å²) < 4.78 is 13.1. The first-order valence-corrected chi connectivity index (χ1v) is 9.09. The van der Waals surface area contributed by atoms with E-state index >= 15 is 0 Å². The third-order valence-corrected chi connectivity index (χ3v) is 4.84. The van der Waals surface area contributed by atoms with Crippen LogP contribution in [0.5, 0.6) is 0 Å². The van der Waals surface area contributed by atoms with Gasteiger partial charge in [0.1, 0.15) is 23.3 Å². The zero-order valence-corrected chi connectivity index (χ0v) is 15.2. The number of nitrogens with zero attached hydrogens (tertiary/aromatic N) is 3. The third-order valence-electron chi connectivity index (χ3n) is 3.67. The van der Waals surface area contributed by atoms with Crippen molar-refractivity contribution in [3.63, 3.8) is 0 Å². The van der Waals surface area contributed by atoms with Gasteiger partial charge in [0.05, 0.1) is 5.69 Å². The summed E-state index contributed by atoms with van der Waals surface area (Å²) in [4.78, 5) is 8.70. The number of hydrogen-bond donors (Lipinski definition) is 1. The topological polar surface area (TPSA) is 75.6 Å². The second-order valence-electron chi connectivity index (χ2n) is 5.54. The predicted molar refractivity (Wildman–Crippen MR) is 101 cm³/mol. The molecule has 1 aromatic heterocycles. The molecule has 0 atom stereocenters. The second-order valence-corrected chi connectivity index (χ2v) is 6.92. The maximum atomic E-state index is 13.1. The van der Waals surface area contributed by atoms with Crippen molar-refractivity contribution < 1.29 is 4.39 Å². The highest BCUT2D eigenvalue weighted by Gasteiger charge is 2.13. The monoisotopic (exact) mass is 384 g/mol. The first kappa shape index (κ1) is 18.2. The molecular weight excluding hydrogens is 371 g/mol. The number of halogens is 2. The second kappa shape index (κ2) is 8.17. The molecule has 0 unspecified atom stereocenters. The van der Waals surface area contributed by atoms with Crippen molar-refractivity contribution in [1.29, 1.82) is 5.26 Å². The first-order valence-electron chi connectivity index (χ1n) is 7.73. The van der Waals surface area contributed by atoms with E-state index in [9.17, 15) is 9.65 Å². The van der Waals surface area contributed by atoms with Crippen LogP contribution in [0.4, 0.5) is 10.2 Å². The molecule has 0 spiro atoms. The summed E-state index contributed by atoms with van der Waals surface area (Å²) in [5.74, 6) is 0.493. The minimum atomic E-state index is -0.310. The number of anilines is 1. The first-order chi connectivity index (χ1) is 12.5.